The Morgan fingerprint density at radius 2 is 1.75 bits per heavy atom. The fourth-order valence-corrected chi connectivity index (χ4v) is 2.36. The van der Waals surface area contributed by atoms with E-state index in [1.54, 1.807) is 42.5 Å². The molecule has 2 amide bonds. The molecule has 0 atom stereocenters. The SMILES string of the molecule is CCCOc1ccc(Br)cc1C(=O)NNC(=O)c1ccc(Cl)cc1. The van der Waals surface area contributed by atoms with Gasteiger partial charge in [0.2, 0.25) is 0 Å². The summed E-state index contributed by atoms with van der Waals surface area (Å²) in [4.78, 5) is 24.3. The summed E-state index contributed by atoms with van der Waals surface area (Å²) in [6.45, 7) is 2.48. The molecule has 2 N–H and O–H groups in total. The second-order valence-corrected chi connectivity index (χ2v) is 6.26. The lowest BCUT2D eigenvalue weighted by molar-refractivity contribution is 0.0844. The summed E-state index contributed by atoms with van der Waals surface area (Å²) in [6.07, 6.45) is 0.824. The van der Waals surface area contributed by atoms with Crippen molar-refractivity contribution >= 4 is 39.3 Å². The summed E-state index contributed by atoms with van der Waals surface area (Å²) in [5, 5.41) is 0.530. The molecule has 0 fully saturated rings. The second-order valence-electron chi connectivity index (χ2n) is 4.90. The Hall–Kier alpha value is -2.05. The van der Waals surface area contributed by atoms with Crippen LogP contribution in [-0.2, 0) is 0 Å². The van der Waals surface area contributed by atoms with Gasteiger partial charge in [-0.15, -0.1) is 0 Å². The quantitative estimate of drug-likeness (QED) is 0.732. The highest BCUT2D eigenvalue weighted by molar-refractivity contribution is 9.10. The summed E-state index contributed by atoms with van der Waals surface area (Å²) in [7, 11) is 0. The molecule has 2 aromatic rings. The minimum Gasteiger partial charge on any atom is -0.493 e. The number of amides is 2. The first-order valence-electron chi connectivity index (χ1n) is 7.30. The minimum atomic E-state index is -0.468. The average Bonchev–Trinajstić information content (AvgIpc) is 2.58. The van der Waals surface area contributed by atoms with Gasteiger partial charge >= 0.3 is 0 Å². The minimum absolute atomic E-state index is 0.328. The van der Waals surface area contributed by atoms with Gasteiger partial charge in [-0.1, -0.05) is 34.5 Å². The lowest BCUT2D eigenvalue weighted by Crippen LogP contribution is -2.41. The van der Waals surface area contributed by atoms with E-state index in [4.69, 9.17) is 16.3 Å². The largest absolute Gasteiger partial charge is 0.493 e. The molecule has 0 aliphatic carbocycles. The van der Waals surface area contributed by atoms with Crippen LogP contribution in [0.5, 0.6) is 5.75 Å². The first-order valence-corrected chi connectivity index (χ1v) is 8.47. The molecule has 0 saturated heterocycles. The number of carbonyl (C=O) groups excluding carboxylic acids is 2. The van der Waals surface area contributed by atoms with Crippen LogP contribution < -0.4 is 15.6 Å². The highest BCUT2D eigenvalue weighted by Gasteiger charge is 2.14. The second kappa shape index (κ2) is 8.70. The molecule has 0 aliphatic heterocycles. The fourth-order valence-electron chi connectivity index (χ4n) is 1.87. The summed E-state index contributed by atoms with van der Waals surface area (Å²) in [6, 6.07) is 11.5. The smallest absolute Gasteiger partial charge is 0.273 e. The number of ether oxygens (including phenoxy) is 1. The Kier molecular flexibility index (Phi) is 6.63. The van der Waals surface area contributed by atoms with Gasteiger partial charge < -0.3 is 4.74 Å². The number of hydrogen-bond acceptors (Lipinski definition) is 3. The number of carbonyl (C=O) groups is 2. The van der Waals surface area contributed by atoms with E-state index >= 15 is 0 Å². The van der Waals surface area contributed by atoms with Crippen molar-refractivity contribution in [3.63, 3.8) is 0 Å². The molecule has 24 heavy (non-hydrogen) atoms. The van der Waals surface area contributed by atoms with Crippen molar-refractivity contribution in [1.29, 1.82) is 0 Å². The van der Waals surface area contributed by atoms with E-state index in [9.17, 15) is 9.59 Å². The third kappa shape index (κ3) is 4.97. The van der Waals surface area contributed by atoms with Crippen LogP contribution in [0.4, 0.5) is 0 Å². The maximum Gasteiger partial charge on any atom is 0.273 e. The molecule has 0 unspecified atom stereocenters. The van der Waals surface area contributed by atoms with Gasteiger partial charge in [0.05, 0.1) is 12.2 Å². The van der Waals surface area contributed by atoms with E-state index in [1.165, 1.54) is 0 Å². The molecule has 0 heterocycles. The van der Waals surface area contributed by atoms with E-state index in [1.807, 2.05) is 6.92 Å². The van der Waals surface area contributed by atoms with Gasteiger partial charge in [-0.2, -0.15) is 0 Å². The highest BCUT2D eigenvalue weighted by atomic mass is 79.9. The van der Waals surface area contributed by atoms with Crippen molar-refractivity contribution in [2.75, 3.05) is 6.61 Å². The van der Waals surface area contributed by atoms with Crippen LogP contribution in [-0.4, -0.2) is 18.4 Å². The van der Waals surface area contributed by atoms with Crippen LogP contribution in [0, 0.1) is 0 Å². The zero-order chi connectivity index (χ0) is 17.5. The Balaban J connectivity index is 2.05. The molecule has 126 valence electrons. The van der Waals surface area contributed by atoms with Crippen molar-refractivity contribution in [2.45, 2.75) is 13.3 Å². The van der Waals surface area contributed by atoms with Gasteiger partial charge in [-0.05, 0) is 48.9 Å². The van der Waals surface area contributed by atoms with Crippen LogP contribution in [0.25, 0.3) is 0 Å². The number of halogens is 2. The number of benzene rings is 2. The lowest BCUT2D eigenvalue weighted by Gasteiger charge is -2.12. The Bertz CT molecular complexity index is 735. The third-order valence-corrected chi connectivity index (χ3v) is 3.79. The van der Waals surface area contributed by atoms with Crippen LogP contribution in [0.15, 0.2) is 46.9 Å². The highest BCUT2D eigenvalue weighted by Crippen LogP contribution is 2.23. The van der Waals surface area contributed by atoms with Crippen molar-refractivity contribution in [3.05, 3.63) is 63.1 Å². The zero-order valence-corrected chi connectivity index (χ0v) is 15.3. The number of hydrazine groups is 1. The molecule has 5 nitrogen and oxygen atoms in total. The Morgan fingerprint density at radius 3 is 2.42 bits per heavy atom. The molecule has 0 spiro atoms. The molecule has 0 aromatic heterocycles. The molecular formula is C17H16BrClN2O3. The molecule has 7 heteroatoms. The number of nitrogens with one attached hydrogen (secondary N) is 2. The Labute approximate surface area is 153 Å². The predicted molar refractivity (Wildman–Crippen MR) is 96.3 cm³/mol. The van der Waals surface area contributed by atoms with Crippen molar-refractivity contribution < 1.29 is 14.3 Å². The van der Waals surface area contributed by atoms with Gasteiger partial charge in [0, 0.05) is 15.1 Å². The van der Waals surface area contributed by atoms with Gasteiger partial charge in [-0.25, -0.2) is 0 Å². The van der Waals surface area contributed by atoms with E-state index < -0.39 is 11.8 Å². The topological polar surface area (TPSA) is 67.4 Å². The molecule has 2 rings (SSSR count). The van der Waals surface area contributed by atoms with Crippen molar-refractivity contribution in [1.82, 2.24) is 10.9 Å². The van der Waals surface area contributed by atoms with Crippen LogP contribution in [0.1, 0.15) is 34.1 Å². The summed E-state index contributed by atoms with van der Waals surface area (Å²) in [5.74, 6) is -0.450. The van der Waals surface area contributed by atoms with Gasteiger partial charge in [-0.3, -0.25) is 20.4 Å². The average molecular weight is 412 g/mol. The molecule has 0 aliphatic rings. The molecule has 0 radical (unpaired) electrons. The first-order chi connectivity index (χ1) is 11.5. The summed E-state index contributed by atoms with van der Waals surface area (Å²) >= 11 is 9.10. The van der Waals surface area contributed by atoms with E-state index in [-0.39, 0.29) is 0 Å². The van der Waals surface area contributed by atoms with Crippen molar-refractivity contribution in [3.8, 4) is 5.75 Å². The van der Waals surface area contributed by atoms with Crippen molar-refractivity contribution in [2.24, 2.45) is 0 Å². The number of rotatable bonds is 5. The van der Waals surface area contributed by atoms with Crippen LogP contribution in [0.2, 0.25) is 5.02 Å². The molecule has 2 aromatic carbocycles. The van der Waals surface area contributed by atoms with Gasteiger partial charge in [0.15, 0.2) is 0 Å². The third-order valence-electron chi connectivity index (χ3n) is 3.04. The van der Waals surface area contributed by atoms with Gasteiger partial charge in [0.1, 0.15) is 5.75 Å². The molecule has 0 bridgehead atoms. The maximum absolute atomic E-state index is 12.3. The van der Waals surface area contributed by atoms with E-state index in [2.05, 4.69) is 26.8 Å². The fraction of sp³-hybridized carbons (Fsp3) is 0.176. The normalized spacial score (nSPS) is 10.1. The van der Waals surface area contributed by atoms with Crippen LogP contribution in [0.3, 0.4) is 0 Å². The van der Waals surface area contributed by atoms with E-state index in [0.717, 1.165) is 10.9 Å². The Morgan fingerprint density at radius 1 is 1.08 bits per heavy atom. The standard InChI is InChI=1S/C17H16BrClN2O3/c1-2-9-24-15-8-5-12(18)10-14(15)17(23)21-20-16(22)11-3-6-13(19)7-4-11/h3-8,10H,2,9H2,1H3,(H,20,22)(H,21,23). The molecular weight excluding hydrogens is 396 g/mol. The number of hydrogen-bond donors (Lipinski definition) is 2. The summed E-state index contributed by atoms with van der Waals surface area (Å²) < 4.78 is 6.29. The zero-order valence-electron chi connectivity index (χ0n) is 12.9. The first kappa shape index (κ1) is 18.3. The van der Waals surface area contributed by atoms with E-state index in [0.29, 0.717) is 28.5 Å². The lowest BCUT2D eigenvalue weighted by atomic mass is 10.2. The maximum atomic E-state index is 12.3. The predicted octanol–water partition coefficient (Wildman–Crippen LogP) is 3.97. The molecule has 0 saturated carbocycles. The summed E-state index contributed by atoms with van der Waals surface area (Å²) in [5.41, 5.74) is 5.46. The van der Waals surface area contributed by atoms with Crippen LogP contribution >= 0.6 is 27.5 Å². The monoisotopic (exact) mass is 410 g/mol. The van der Waals surface area contributed by atoms with Gasteiger partial charge in [0.25, 0.3) is 11.8 Å².